The Labute approximate surface area is 90.9 Å². The predicted octanol–water partition coefficient (Wildman–Crippen LogP) is 3.08. The molecule has 0 aromatic heterocycles. The molecule has 0 atom stereocenters. The lowest BCUT2D eigenvalue weighted by Gasteiger charge is -2.03. The molecule has 1 aromatic rings. The number of carbonyl (C=O) groups is 1. The van der Waals surface area contributed by atoms with E-state index in [4.69, 9.17) is 0 Å². The Bertz CT molecular complexity index is 318. The van der Waals surface area contributed by atoms with Crippen LogP contribution in [0.25, 0.3) is 0 Å². The molecular weight excluding hydrogens is 188 g/mol. The molecule has 0 heterocycles. The van der Waals surface area contributed by atoms with Crippen LogP contribution in [0.5, 0.6) is 5.75 Å². The second-order valence-corrected chi connectivity index (χ2v) is 3.77. The van der Waals surface area contributed by atoms with Crippen LogP contribution in [0.1, 0.15) is 38.2 Å². The molecule has 0 spiro atoms. The van der Waals surface area contributed by atoms with Gasteiger partial charge in [0.2, 0.25) is 0 Å². The van der Waals surface area contributed by atoms with Gasteiger partial charge >= 0.3 is 0 Å². The number of benzene rings is 1. The average molecular weight is 206 g/mol. The van der Waals surface area contributed by atoms with Gasteiger partial charge in [-0.1, -0.05) is 25.1 Å². The molecule has 0 fully saturated rings. The van der Waals surface area contributed by atoms with E-state index in [1.807, 2.05) is 19.1 Å². The summed E-state index contributed by atoms with van der Waals surface area (Å²) in [6, 6.07) is 7.30. The second kappa shape index (κ2) is 6.23. The van der Waals surface area contributed by atoms with E-state index in [1.165, 1.54) is 0 Å². The molecule has 2 heteroatoms. The summed E-state index contributed by atoms with van der Waals surface area (Å²) in [7, 11) is 0. The monoisotopic (exact) mass is 206 g/mol. The first kappa shape index (κ1) is 11.8. The number of rotatable bonds is 6. The largest absolute Gasteiger partial charge is 0.508 e. The number of carbonyl (C=O) groups excluding carboxylic acids is 1. The highest BCUT2D eigenvalue weighted by molar-refractivity contribution is 5.78. The number of phenolic OH excluding ortho intramolecular Hbond substituents is 1. The van der Waals surface area contributed by atoms with Crippen LogP contribution in [0.15, 0.2) is 24.3 Å². The van der Waals surface area contributed by atoms with E-state index in [9.17, 15) is 9.90 Å². The lowest BCUT2D eigenvalue weighted by atomic mass is 10.0. The third-order valence-electron chi connectivity index (χ3n) is 2.42. The molecule has 0 saturated carbocycles. The van der Waals surface area contributed by atoms with Crippen LogP contribution in [0.2, 0.25) is 0 Å². The Kier molecular flexibility index (Phi) is 4.88. The standard InChI is InChI=1S/C13H18O2/c1-2-6-12(14)9-5-8-11-7-3-4-10-13(11)15/h3-4,7,10,15H,2,5-6,8-9H2,1H3. The van der Waals surface area contributed by atoms with Gasteiger partial charge in [-0.05, 0) is 30.9 Å². The van der Waals surface area contributed by atoms with E-state index < -0.39 is 0 Å². The van der Waals surface area contributed by atoms with Gasteiger partial charge in [-0.3, -0.25) is 4.79 Å². The molecule has 0 bridgehead atoms. The first-order chi connectivity index (χ1) is 7.24. The highest BCUT2D eigenvalue weighted by atomic mass is 16.3. The van der Waals surface area contributed by atoms with E-state index in [2.05, 4.69) is 0 Å². The van der Waals surface area contributed by atoms with Crippen molar-refractivity contribution in [3.8, 4) is 5.75 Å². The van der Waals surface area contributed by atoms with E-state index >= 15 is 0 Å². The molecule has 0 aliphatic rings. The van der Waals surface area contributed by atoms with Gasteiger partial charge in [-0.25, -0.2) is 0 Å². The zero-order valence-corrected chi connectivity index (χ0v) is 9.20. The molecule has 0 amide bonds. The van der Waals surface area contributed by atoms with E-state index in [-0.39, 0.29) is 0 Å². The summed E-state index contributed by atoms with van der Waals surface area (Å²) in [4.78, 5) is 11.3. The Hall–Kier alpha value is -1.31. The number of phenols is 1. The van der Waals surface area contributed by atoms with Gasteiger partial charge in [0.1, 0.15) is 11.5 Å². The fourth-order valence-corrected chi connectivity index (χ4v) is 1.60. The first-order valence-corrected chi connectivity index (χ1v) is 5.52. The zero-order valence-electron chi connectivity index (χ0n) is 9.20. The zero-order chi connectivity index (χ0) is 11.1. The minimum atomic E-state index is 0.327. The summed E-state index contributed by atoms with van der Waals surface area (Å²) >= 11 is 0. The van der Waals surface area contributed by atoms with Crippen LogP contribution < -0.4 is 0 Å². The van der Waals surface area contributed by atoms with Gasteiger partial charge in [0.15, 0.2) is 0 Å². The van der Waals surface area contributed by atoms with Crippen molar-refractivity contribution in [1.29, 1.82) is 0 Å². The molecule has 2 nitrogen and oxygen atoms in total. The number of Topliss-reactive ketones (excluding diaryl/α,β-unsaturated/α-hetero) is 1. The summed E-state index contributed by atoms with van der Waals surface area (Å²) in [6.45, 7) is 2.01. The summed E-state index contributed by atoms with van der Waals surface area (Å²) < 4.78 is 0. The summed E-state index contributed by atoms with van der Waals surface area (Å²) in [6.07, 6.45) is 3.84. The highest BCUT2D eigenvalue weighted by Crippen LogP contribution is 2.18. The lowest BCUT2D eigenvalue weighted by Crippen LogP contribution is -1.97. The second-order valence-electron chi connectivity index (χ2n) is 3.77. The van der Waals surface area contributed by atoms with Gasteiger partial charge in [0.05, 0.1) is 0 Å². The quantitative estimate of drug-likeness (QED) is 0.776. The summed E-state index contributed by atoms with van der Waals surface area (Å²) in [5, 5.41) is 9.49. The maximum Gasteiger partial charge on any atom is 0.132 e. The normalized spacial score (nSPS) is 10.2. The molecule has 0 aliphatic carbocycles. The van der Waals surface area contributed by atoms with Crippen molar-refractivity contribution in [3.05, 3.63) is 29.8 Å². The molecule has 0 saturated heterocycles. The molecule has 82 valence electrons. The maximum absolute atomic E-state index is 11.3. The molecule has 1 N–H and O–H groups in total. The van der Waals surface area contributed by atoms with Gasteiger partial charge in [0, 0.05) is 12.8 Å². The number of aromatic hydroxyl groups is 1. The van der Waals surface area contributed by atoms with E-state index in [0.29, 0.717) is 24.4 Å². The summed E-state index contributed by atoms with van der Waals surface area (Å²) in [5.41, 5.74) is 0.932. The van der Waals surface area contributed by atoms with Crippen molar-refractivity contribution >= 4 is 5.78 Å². The van der Waals surface area contributed by atoms with Crippen molar-refractivity contribution in [2.45, 2.75) is 39.0 Å². The first-order valence-electron chi connectivity index (χ1n) is 5.52. The number of para-hydroxylation sites is 1. The lowest BCUT2D eigenvalue weighted by molar-refractivity contribution is -0.119. The van der Waals surface area contributed by atoms with Crippen molar-refractivity contribution < 1.29 is 9.90 Å². The highest BCUT2D eigenvalue weighted by Gasteiger charge is 2.02. The van der Waals surface area contributed by atoms with E-state index in [0.717, 1.165) is 24.8 Å². The van der Waals surface area contributed by atoms with Gasteiger partial charge in [-0.15, -0.1) is 0 Å². The number of hydrogen-bond donors (Lipinski definition) is 1. The van der Waals surface area contributed by atoms with Crippen molar-refractivity contribution in [3.63, 3.8) is 0 Å². The molecule has 1 aromatic carbocycles. The van der Waals surface area contributed by atoms with Gasteiger partial charge < -0.3 is 5.11 Å². The number of hydrogen-bond acceptors (Lipinski definition) is 2. The van der Waals surface area contributed by atoms with Crippen molar-refractivity contribution in [2.24, 2.45) is 0 Å². The Balaban J connectivity index is 2.32. The smallest absolute Gasteiger partial charge is 0.132 e. The molecular formula is C13H18O2. The minimum Gasteiger partial charge on any atom is -0.508 e. The Morgan fingerprint density at radius 1 is 1.27 bits per heavy atom. The summed E-state index contributed by atoms with van der Waals surface area (Å²) in [5.74, 6) is 0.661. The van der Waals surface area contributed by atoms with Crippen LogP contribution in [-0.4, -0.2) is 10.9 Å². The Morgan fingerprint density at radius 2 is 2.00 bits per heavy atom. The van der Waals surface area contributed by atoms with Gasteiger partial charge in [0.25, 0.3) is 0 Å². The van der Waals surface area contributed by atoms with E-state index in [1.54, 1.807) is 12.1 Å². The van der Waals surface area contributed by atoms with Crippen LogP contribution in [0.3, 0.4) is 0 Å². The fourth-order valence-electron chi connectivity index (χ4n) is 1.60. The van der Waals surface area contributed by atoms with Crippen LogP contribution in [-0.2, 0) is 11.2 Å². The number of ketones is 1. The minimum absolute atomic E-state index is 0.327. The molecule has 0 radical (unpaired) electrons. The number of aryl methyl sites for hydroxylation is 1. The predicted molar refractivity (Wildman–Crippen MR) is 61.0 cm³/mol. The average Bonchev–Trinajstić information content (AvgIpc) is 2.21. The van der Waals surface area contributed by atoms with Crippen LogP contribution in [0.4, 0.5) is 0 Å². The topological polar surface area (TPSA) is 37.3 Å². The third-order valence-corrected chi connectivity index (χ3v) is 2.42. The van der Waals surface area contributed by atoms with Crippen LogP contribution in [0, 0.1) is 0 Å². The molecule has 15 heavy (non-hydrogen) atoms. The molecule has 0 aliphatic heterocycles. The SMILES string of the molecule is CCCC(=O)CCCc1ccccc1O. The van der Waals surface area contributed by atoms with Crippen LogP contribution >= 0.6 is 0 Å². The Morgan fingerprint density at radius 3 is 2.67 bits per heavy atom. The van der Waals surface area contributed by atoms with Crippen molar-refractivity contribution in [1.82, 2.24) is 0 Å². The molecule has 0 unspecified atom stereocenters. The van der Waals surface area contributed by atoms with Crippen molar-refractivity contribution in [2.75, 3.05) is 0 Å². The maximum atomic E-state index is 11.3. The van der Waals surface area contributed by atoms with Gasteiger partial charge in [-0.2, -0.15) is 0 Å². The third kappa shape index (κ3) is 4.15. The molecule has 1 rings (SSSR count). The fraction of sp³-hybridized carbons (Fsp3) is 0.462.